The Morgan fingerprint density at radius 3 is 0.371 bits per heavy atom. The normalized spacial score (nSPS) is 9.74. The molecule has 0 radical (unpaired) electrons. The summed E-state index contributed by atoms with van der Waals surface area (Å²) < 4.78 is 0. The zero-order chi connectivity index (χ0) is 42.9. The first kappa shape index (κ1) is 43.4. The van der Waals surface area contributed by atoms with E-state index in [1.165, 1.54) is 44.5 Å². The molecule has 0 spiro atoms. The summed E-state index contributed by atoms with van der Waals surface area (Å²) >= 11 is 0. The van der Waals surface area contributed by atoms with Gasteiger partial charge in [-0.15, -0.1) is 0 Å². The van der Waals surface area contributed by atoms with Crippen LogP contribution in [0.25, 0.3) is 55.6 Å². The second kappa shape index (κ2) is 24.7. The number of rotatable bonds is 5. The van der Waals surface area contributed by atoms with Crippen LogP contribution in [0.2, 0.25) is 0 Å². The van der Waals surface area contributed by atoms with Crippen LogP contribution >= 0.6 is 0 Å². The lowest BCUT2D eigenvalue weighted by atomic mass is 10.1. The molecule has 2 heteroatoms. The summed E-state index contributed by atoms with van der Waals surface area (Å²) in [6.45, 7) is 0. The third-order valence-electron chi connectivity index (χ3n) is 9.68. The molecule has 62 heavy (non-hydrogen) atoms. The Balaban J connectivity index is 0.000000129. The van der Waals surface area contributed by atoms with Crippen molar-refractivity contribution in [1.29, 1.82) is 0 Å². The fourth-order valence-corrected chi connectivity index (χ4v) is 6.40. The van der Waals surface area contributed by atoms with Gasteiger partial charge < -0.3 is 11.5 Å². The predicted molar refractivity (Wildman–Crippen MR) is 268 cm³/mol. The third kappa shape index (κ3) is 14.6. The first-order valence-electron chi connectivity index (χ1n) is 20.8. The highest BCUT2D eigenvalue weighted by Crippen LogP contribution is 2.22. The first-order chi connectivity index (χ1) is 30.6. The van der Waals surface area contributed by atoms with E-state index >= 15 is 0 Å². The molecule has 0 saturated carbocycles. The number of anilines is 2. The fraction of sp³-hybridized carbons (Fsp3) is 0. The molecule has 0 saturated heterocycles. The van der Waals surface area contributed by atoms with Crippen molar-refractivity contribution in [3.05, 3.63) is 291 Å². The van der Waals surface area contributed by atoms with Gasteiger partial charge in [0, 0.05) is 11.4 Å². The molecule has 0 unspecified atom stereocenters. The van der Waals surface area contributed by atoms with Crippen LogP contribution in [0.4, 0.5) is 11.4 Å². The van der Waals surface area contributed by atoms with Gasteiger partial charge in [-0.05, 0) is 79.9 Å². The average Bonchev–Trinajstić information content (AvgIpc) is 3.37. The van der Waals surface area contributed by atoms with E-state index in [4.69, 9.17) is 11.5 Å². The molecule has 0 heterocycles. The minimum atomic E-state index is 0.782. The van der Waals surface area contributed by atoms with Crippen LogP contribution in [0, 0.1) is 0 Å². The Labute approximate surface area is 368 Å². The molecule has 0 amide bonds. The molecule has 0 bridgehead atoms. The summed E-state index contributed by atoms with van der Waals surface area (Å²) in [5.74, 6) is 0. The largest absolute Gasteiger partial charge is 0.399 e. The maximum Gasteiger partial charge on any atom is 0.0314 e. The van der Waals surface area contributed by atoms with Crippen LogP contribution in [0.3, 0.4) is 0 Å². The van der Waals surface area contributed by atoms with Gasteiger partial charge in [-0.25, -0.2) is 0 Å². The molecule has 10 aromatic rings. The fourth-order valence-electron chi connectivity index (χ4n) is 6.40. The molecular weight excluding hydrogens is 749 g/mol. The van der Waals surface area contributed by atoms with Crippen molar-refractivity contribution in [3.8, 4) is 55.6 Å². The van der Waals surface area contributed by atoms with E-state index in [1.54, 1.807) is 0 Å². The van der Waals surface area contributed by atoms with Crippen molar-refractivity contribution >= 4 is 11.4 Å². The van der Waals surface area contributed by atoms with Gasteiger partial charge in [0.05, 0.1) is 0 Å². The maximum absolute atomic E-state index is 5.61. The third-order valence-corrected chi connectivity index (χ3v) is 9.68. The summed E-state index contributed by atoms with van der Waals surface area (Å²) in [5, 5.41) is 0. The minimum absolute atomic E-state index is 0.782. The van der Waals surface area contributed by atoms with Crippen LogP contribution in [-0.4, -0.2) is 0 Å². The summed E-state index contributed by atoms with van der Waals surface area (Å²) in [6, 6.07) is 98.7. The highest BCUT2D eigenvalue weighted by atomic mass is 14.5. The van der Waals surface area contributed by atoms with Crippen molar-refractivity contribution in [2.75, 3.05) is 11.5 Å². The SMILES string of the molecule is Nc1ccc(-c2ccc(N)cc2)cc1.c1ccc(-c2ccccc2)cc1.c1ccc(-c2ccccc2)cc1.c1ccc(-c2ccccc2)cc1.c1ccc(-c2ccccc2)cc1. The highest BCUT2D eigenvalue weighted by molar-refractivity contribution is 5.68. The lowest BCUT2D eigenvalue weighted by molar-refractivity contribution is 1.61. The predicted octanol–water partition coefficient (Wildman–Crippen LogP) is 15.9. The quantitative estimate of drug-likeness (QED) is 0.170. The topological polar surface area (TPSA) is 52.0 Å². The van der Waals surface area contributed by atoms with Gasteiger partial charge in [0.1, 0.15) is 0 Å². The molecule has 0 aromatic heterocycles. The molecule has 302 valence electrons. The minimum Gasteiger partial charge on any atom is -0.399 e. The first-order valence-corrected chi connectivity index (χ1v) is 20.8. The Hall–Kier alpha value is -8.20. The Morgan fingerprint density at radius 1 is 0.129 bits per heavy atom. The van der Waals surface area contributed by atoms with Gasteiger partial charge in [-0.1, -0.05) is 267 Å². The van der Waals surface area contributed by atoms with Crippen molar-refractivity contribution < 1.29 is 0 Å². The summed E-state index contributed by atoms with van der Waals surface area (Å²) in [5.41, 5.74) is 25.3. The van der Waals surface area contributed by atoms with Gasteiger partial charge in [0.15, 0.2) is 0 Å². The molecule has 0 aliphatic heterocycles. The number of nitrogen functional groups attached to an aromatic ring is 2. The highest BCUT2D eigenvalue weighted by Gasteiger charge is 1.97. The zero-order valence-electron chi connectivity index (χ0n) is 34.9. The Bertz CT molecular complexity index is 2160. The van der Waals surface area contributed by atoms with Gasteiger partial charge in [0.25, 0.3) is 0 Å². The van der Waals surface area contributed by atoms with Gasteiger partial charge in [0.2, 0.25) is 0 Å². The molecule has 4 N–H and O–H groups in total. The smallest absolute Gasteiger partial charge is 0.0314 e. The average molecular weight is 801 g/mol. The van der Waals surface area contributed by atoms with E-state index in [9.17, 15) is 0 Å². The number of hydrogen-bond donors (Lipinski definition) is 2. The second-order valence-corrected chi connectivity index (χ2v) is 14.2. The lowest BCUT2D eigenvalue weighted by Gasteiger charge is -2.02. The van der Waals surface area contributed by atoms with Crippen LogP contribution in [-0.2, 0) is 0 Å². The van der Waals surface area contributed by atoms with Crippen LogP contribution in [0.5, 0.6) is 0 Å². The van der Waals surface area contributed by atoms with E-state index in [2.05, 4.69) is 194 Å². The van der Waals surface area contributed by atoms with Gasteiger partial charge >= 0.3 is 0 Å². The summed E-state index contributed by atoms with van der Waals surface area (Å²) in [6.07, 6.45) is 0. The standard InChI is InChI=1S/C12H12N2.4C12H10/c13-11-5-1-9(2-6-11)10-3-7-12(14)8-4-10;4*1-3-7-11(8-4-1)12-9-5-2-6-10-12/h1-8H,13-14H2;4*1-10H. The van der Waals surface area contributed by atoms with Crippen LogP contribution < -0.4 is 11.5 Å². The monoisotopic (exact) mass is 800 g/mol. The molecule has 10 rings (SSSR count). The van der Waals surface area contributed by atoms with Crippen molar-refractivity contribution in [1.82, 2.24) is 0 Å². The zero-order valence-corrected chi connectivity index (χ0v) is 34.9. The van der Waals surface area contributed by atoms with Gasteiger partial charge in [-0.2, -0.15) is 0 Å². The number of nitrogens with two attached hydrogens (primary N) is 2. The molecule has 0 aliphatic carbocycles. The second-order valence-electron chi connectivity index (χ2n) is 14.2. The van der Waals surface area contributed by atoms with E-state index < -0.39 is 0 Å². The van der Waals surface area contributed by atoms with E-state index in [0.29, 0.717) is 0 Å². The molecule has 0 atom stereocenters. The number of hydrogen-bond acceptors (Lipinski definition) is 2. The number of benzene rings is 10. The summed E-state index contributed by atoms with van der Waals surface area (Å²) in [7, 11) is 0. The van der Waals surface area contributed by atoms with Gasteiger partial charge in [-0.3, -0.25) is 0 Å². The molecule has 2 nitrogen and oxygen atoms in total. The molecule has 10 aromatic carbocycles. The molecule has 0 aliphatic rings. The Morgan fingerprint density at radius 2 is 0.242 bits per heavy atom. The van der Waals surface area contributed by atoms with Crippen molar-refractivity contribution in [2.45, 2.75) is 0 Å². The Kier molecular flexibility index (Phi) is 17.3. The van der Waals surface area contributed by atoms with Crippen molar-refractivity contribution in [3.63, 3.8) is 0 Å². The van der Waals surface area contributed by atoms with E-state index in [-0.39, 0.29) is 0 Å². The van der Waals surface area contributed by atoms with E-state index in [1.807, 2.05) is 97.1 Å². The van der Waals surface area contributed by atoms with E-state index in [0.717, 1.165) is 22.5 Å². The summed E-state index contributed by atoms with van der Waals surface area (Å²) in [4.78, 5) is 0. The van der Waals surface area contributed by atoms with Crippen LogP contribution in [0.1, 0.15) is 0 Å². The van der Waals surface area contributed by atoms with Crippen molar-refractivity contribution in [2.24, 2.45) is 0 Å². The molecular formula is C60H52N2. The maximum atomic E-state index is 5.61. The molecule has 0 fully saturated rings. The van der Waals surface area contributed by atoms with Crippen LogP contribution in [0.15, 0.2) is 291 Å². The lowest BCUT2D eigenvalue weighted by Crippen LogP contribution is -1.85.